The van der Waals surface area contributed by atoms with Crippen LogP contribution in [0.4, 0.5) is 4.79 Å². The molecular formula is C6H12N4O2. The van der Waals surface area contributed by atoms with Crippen LogP contribution in [0.5, 0.6) is 0 Å². The molecule has 6 nitrogen and oxygen atoms in total. The van der Waals surface area contributed by atoms with Crippen molar-refractivity contribution < 1.29 is 9.59 Å². The summed E-state index contributed by atoms with van der Waals surface area (Å²) in [5, 5.41) is 7.68. The molecule has 1 aliphatic rings. The number of amides is 3. The molecule has 12 heavy (non-hydrogen) atoms. The molecule has 68 valence electrons. The molecule has 0 radical (unpaired) electrons. The van der Waals surface area contributed by atoms with Crippen LogP contribution < -0.4 is 16.0 Å². The first-order valence-corrected chi connectivity index (χ1v) is 3.61. The van der Waals surface area contributed by atoms with Crippen molar-refractivity contribution >= 4 is 11.9 Å². The predicted molar refractivity (Wildman–Crippen MR) is 41.9 cm³/mol. The van der Waals surface area contributed by atoms with Crippen molar-refractivity contribution in [3.05, 3.63) is 0 Å². The monoisotopic (exact) mass is 172 g/mol. The lowest BCUT2D eigenvalue weighted by Crippen LogP contribution is -2.65. The van der Waals surface area contributed by atoms with Gasteiger partial charge in [0.25, 0.3) is 0 Å². The van der Waals surface area contributed by atoms with Crippen LogP contribution in [-0.4, -0.2) is 36.8 Å². The molecule has 0 aromatic heterocycles. The van der Waals surface area contributed by atoms with Crippen molar-refractivity contribution in [2.45, 2.75) is 13.2 Å². The number of nitrogens with one attached hydrogen (secondary N) is 3. The summed E-state index contributed by atoms with van der Waals surface area (Å²) in [7, 11) is 1.78. The number of urea groups is 1. The normalized spacial score (nSPS) is 24.2. The summed E-state index contributed by atoms with van der Waals surface area (Å²) in [6.45, 7) is 1.83. The van der Waals surface area contributed by atoms with E-state index >= 15 is 0 Å². The maximum absolute atomic E-state index is 10.8. The van der Waals surface area contributed by atoms with Crippen LogP contribution in [-0.2, 0) is 4.79 Å². The summed E-state index contributed by atoms with van der Waals surface area (Å²) in [6, 6.07) is -0.271. The zero-order chi connectivity index (χ0) is 9.14. The zero-order valence-electron chi connectivity index (χ0n) is 7.05. The molecule has 0 aliphatic carbocycles. The lowest BCUT2D eigenvalue weighted by molar-refractivity contribution is -0.121. The van der Waals surface area contributed by atoms with Gasteiger partial charge in [0.05, 0.1) is 6.67 Å². The standard InChI is InChI=1S/C6H12N4O2/c1-4(11)8-5-9-6(12)7-3-10(5)2/h5H,3H2,1-2H3,(H,8,11)(H2,7,9,12). The Bertz CT molecular complexity index is 204. The van der Waals surface area contributed by atoms with Crippen LogP contribution in [0, 0.1) is 0 Å². The Morgan fingerprint density at radius 1 is 1.75 bits per heavy atom. The van der Waals surface area contributed by atoms with Crippen molar-refractivity contribution in [3.63, 3.8) is 0 Å². The Morgan fingerprint density at radius 3 is 3.00 bits per heavy atom. The number of hydrogen-bond donors (Lipinski definition) is 3. The summed E-state index contributed by atoms with van der Waals surface area (Å²) in [4.78, 5) is 23.2. The molecule has 1 atom stereocenters. The Morgan fingerprint density at radius 2 is 2.42 bits per heavy atom. The van der Waals surface area contributed by atoms with E-state index in [4.69, 9.17) is 0 Å². The van der Waals surface area contributed by atoms with Gasteiger partial charge in [-0.3, -0.25) is 9.69 Å². The third-order valence-electron chi connectivity index (χ3n) is 1.54. The maximum atomic E-state index is 10.8. The predicted octanol–water partition coefficient (Wildman–Crippen LogP) is -1.39. The molecular weight excluding hydrogens is 160 g/mol. The first kappa shape index (κ1) is 8.79. The first-order chi connectivity index (χ1) is 5.59. The minimum Gasteiger partial charge on any atom is -0.325 e. The van der Waals surface area contributed by atoms with Gasteiger partial charge in [-0.05, 0) is 7.05 Å². The fourth-order valence-corrected chi connectivity index (χ4v) is 0.912. The lowest BCUT2D eigenvalue weighted by Gasteiger charge is -2.33. The highest BCUT2D eigenvalue weighted by Gasteiger charge is 2.22. The number of rotatable bonds is 1. The van der Waals surface area contributed by atoms with Gasteiger partial charge in [-0.15, -0.1) is 0 Å². The number of carbonyl (C=O) groups is 2. The summed E-state index contributed by atoms with van der Waals surface area (Å²) in [6.07, 6.45) is -0.406. The summed E-state index contributed by atoms with van der Waals surface area (Å²) >= 11 is 0. The SMILES string of the molecule is CC(=O)NC1NC(=O)NCN1C. The van der Waals surface area contributed by atoms with Gasteiger partial charge in [-0.1, -0.05) is 0 Å². The van der Waals surface area contributed by atoms with Crippen molar-refractivity contribution in [1.82, 2.24) is 20.9 Å². The maximum Gasteiger partial charge on any atom is 0.318 e. The molecule has 1 fully saturated rings. The highest BCUT2D eigenvalue weighted by molar-refractivity contribution is 5.77. The summed E-state index contributed by atoms with van der Waals surface area (Å²) in [5.41, 5.74) is 0. The molecule has 1 rings (SSSR count). The zero-order valence-corrected chi connectivity index (χ0v) is 7.05. The third-order valence-corrected chi connectivity index (χ3v) is 1.54. The molecule has 0 bridgehead atoms. The van der Waals surface area contributed by atoms with E-state index in [-0.39, 0.29) is 11.9 Å². The Balaban J connectivity index is 2.49. The minimum absolute atomic E-state index is 0.172. The number of carbonyl (C=O) groups excluding carboxylic acids is 2. The highest BCUT2D eigenvalue weighted by atomic mass is 16.2. The number of nitrogens with zero attached hydrogens (tertiary/aromatic N) is 1. The minimum atomic E-state index is -0.406. The lowest BCUT2D eigenvalue weighted by atomic mass is 10.5. The first-order valence-electron chi connectivity index (χ1n) is 3.61. The summed E-state index contributed by atoms with van der Waals surface area (Å²) < 4.78 is 0. The van der Waals surface area contributed by atoms with Gasteiger partial charge in [0.1, 0.15) is 0 Å². The van der Waals surface area contributed by atoms with Crippen LogP contribution in [0.3, 0.4) is 0 Å². The van der Waals surface area contributed by atoms with Crippen molar-refractivity contribution in [1.29, 1.82) is 0 Å². The Labute approximate surface area is 70.3 Å². The van der Waals surface area contributed by atoms with E-state index in [1.54, 1.807) is 11.9 Å². The van der Waals surface area contributed by atoms with E-state index in [0.717, 1.165) is 0 Å². The Kier molecular flexibility index (Phi) is 2.49. The van der Waals surface area contributed by atoms with Gasteiger partial charge < -0.3 is 16.0 Å². The van der Waals surface area contributed by atoms with Gasteiger partial charge in [-0.2, -0.15) is 0 Å². The van der Waals surface area contributed by atoms with Gasteiger partial charge >= 0.3 is 6.03 Å². The van der Waals surface area contributed by atoms with Crippen LogP contribution >= 0.6 is 0 Å². The third kappa shape index (κ3) is 2.09. The topological polar surface area (TPSA) is 73.5 Å². The Hall–Kier alpha value is -1.30. The quantitative estimate of drug-likeness (QED) is 0.456. The van der Waals surface area contributed by atoms with E-state index in [1.807, 2.05) is 0 Å². The van der Waals surface area contributed by atoms with Crippen LogP contribution in [0.1, 0.15) is 6.92 Å². The van der Waals surface area contributed by atoms with Crippen molar-refractivity contribution in [2.75, 3.05) is 13.7 Å². The van der Waals surface area contributed by atoms with E-state index in [2.05, 4.69) is 16.0 Å². The largest absolute Gasteiger partial charge is 0.325 e. The average Bonchev–Trinajstić information content (AvgIpc) is 1.96. The highest BCUT2D eigenvalue weighted by Crippen LogP contribution is 1.91. The van der Waals surface area contributed by atoms with Crippen LogP contribution in [0.25, 0.3) is 0 Å². The molecule has 1 aliphatic heterocycles. The molecule has 0 spiro atoms. The van der Waals surface area contributed by atoms with Gasteiger partial charge in [0.15, 0.2) is 6.29 Å². The second-order valence-electron chi connectivity index (χ2n) is 2.67. The molecule has 1 heterocycles. The van der Waals surface area contributed by atoms with Crippen molar-refractivity contribution in [2.24, 2.45) is 0 Å². The number of hydrogen-bond acceptors (Lipinski definition) is 3. The van der Waals surface area contributed by atoms with Crippen LogP contribution in [0.2, 0.25) is 0 Å². The van der Waals surface area contributed by atoms with E-state index in [0.29, 0.717) is 6.67 Å². The molecule has 3 N–H and O–H groups in total. The smallest absolute Gasteiger partial charge is 0.318 e. The molecule has 0 aromatic carbocycles. The van der Waals surface area contributed by atoms with Gasteiger partial charge in [-0.25, -0.2) is 4.79 Å². The molecule has 6 heteroatoms. The molecule has 0 aromatic rings. The summed E-state index contributed by atoms with van der Waals surface area (Å²) in [5.74, 6) is -0.172. The fourth-order valence-electron chi connectivity index (χ4n) is 0.912. The van der Waals surface area contributed by atoms with E-state index < -0.39 is 6.29 Å². The van der Waals surface area contributed by atoms with Gasteiger partial charge in [0, 0.05) is 6.92 Å². The molecule has 1 unspecified atom stereocenters. The van der Waals surface area contributed by atoms with E-state index in [9.17, 15) is 9.59 Å². The second-order valence-corrected chi connectivity index (χ2v) is 2.67. The molecule has 0 saturated carbocycles. The average molecular weight is 172 g/mol. The fraction of sp³-hybridized carbons (Fsp3) is 0.667. The molecule has 1 saturated heterocycles. The molecule has 3 amide bonds. The van der Waals surface area contributed by atoms with E-state index in [1.165, 1.54) is 6.92 Å². The van der Waals surface area contributed by atoms with Crippen LogP contribution in [0.15, 0.2) is 0 Å². The van der Waals surface area contributed by atoms with Crippen molar-refractivity contribution in [3.8, 4) is 0 Å². The second kappa shape index (κ2) is 3.40. The van der Waals surface area contributed by atoms with Gasteiger partial charge in [0.2, 0.25) is 5.91 Å².